The molecule has 0 aliphatic carbocycles. The number of nitrogens with two attached hydrogens (primary N) is 1. The van der Waals surface area contributed by atoms with E-state index in [9.17, 15) is 4.79 Å². The summed E-state index contributed by atoms with van der Waals surface area (Å²) in [5.41, 5.74) is 13.7. The largest absolute Gasteiger partial charge is 0.379 e. The first-order chi connectivity index (χ1) is 21.0. The van der Waals surface area contributed by atoms with Crippen molar-refractivity contribution in [3.05, 3.63) is 83.0 Å². The van der Waals surface area contributed by atoms with Gasteiger partial charge in [0.1, 0.15) is 5.82 Å². The van der Waals surface area contributed by atoms with E-state index in [1.165, 1.54) is 0 Å². The molecule has 0 radical (unpaired) electrons. The third kappa shape index (κ3) is 5.84. The van der Waals surface area contributed by atoms with Crippen molar-refractivity contribution >= 4 is 45.1 Å². The number of nitrogens with one attached hydrogen (secondary N) is 1. The number of fused-ring (bicyclic) bond motifs is 3. The summed E-state index contributed by atoms with van der Waals surface area (Å²) in [6.07, 6.45) is 2.07. The normalized spacial score (nSPS) is 16.3. The standard InChI is InChI=1S/C34H34ClN5O3/c35-30-17-22(1-2-25(30)21-39-7-11-42-12-8-39)26-15-27(19-32(36)41)34-29(16-26)28-5-3-23(18-31(28)38-34)24-4-6-33(37-20-24)40-9-13-43-14-10-40/h1-6,15-18,20,38H,7-14,19,21H2,(H2,36,41). The lowest BCUT2D eigenvalue weighted by atomic mass is 9.96. The lowest BCUT2D eigenvalue weighted by Crippen LogP contribution is -2.36. The number of amides is 1. The van der Waals surface area contributed by atoms with Crippen LogP contribution in [0.5, 0.6) is 0 Å². The van der Waals surface area contributed by atoms with Gasteiger partial charge >= 0.3 is 0 Å². The van der Waals surface area contributed by atoms with Gasteiger partial charge in [0, 0.05) is 65.8 Å². The van der Waals surface area contributed by atoms with E-state index < -0.39 is 0 Å². The summed E-state index contributed by atoms with van der Waals surface area (Å²) in [5.74, 6) is 0.597. The van der Waals surface area contributed by atoms with Gasteiger partial charge in [0.15, 0.2) is 0 Å². The number of carbonyl (C=O) groups excluding carboxylic acids is 1. The minimum absolute atomic E-state index is 0.139. The van der Waals surface area contributed by atoms with Crippen molar-refractivity contribution in [1.82, 2.24) is 14.9 Å². The SMILES string of the molecule is NC(=O)Cc1cc(-c2ccc(CN3CCOCC3)c(Cl)c2)cc2c1[nH]c1cc(-c3ccc(N4CCOCC4)nc3)ccc12. The molecule has 8 nitrogen and oxygen atoms in total. The van der Waals surface area contributed by atoms with E-state index in [0.717, 1.165) is 125 Å². The van der Waals surface area contributed by atoms with Crippen LogP contribution >= 0.6 is 11.6 Å². The summed E-state index contributed by atoms with van der Waals surface area (Å²) in [6, 6.07) is 21.0. The molecule has 3 aromatic carbocycles. The van der Waals surface area contributed by atoms with Gasteiger partial charge in [-0.25, -0.2) is 4.98 Å². The van der Waals surface area contributed by atoms with Crippen LogP contribution in [0.2, 0.25) is 5.02 Å². The van der Waals surface area contributed by atoms with Crippen LogP contribution in [-0.2, 0) is 27.2 Å². The second-order valence-electron chi connectivity index (χ2n) is 11.3. The Bertz CT molecular complexity index is 1790. The number of hydrogen-bond acceptors (Lipinski definition) is 6. The fourth-order valence-electron chi connectivity index (χ4n) is 6.14. The summed E-state index contributed by atoms with van der Waals surface area (Å²) in [7, 11) is 0. The topological polar surface area (TPSA) is 96.7 Å². The Morgan fingerprint density at radius 3 is 2.26 bits per heavy atom. The van der Waals surface area contributed by atoms with Gasteiger partial charge < -0.3 is 25.1 Å². The van der Waals surface area contributed by atoms with Crippen LogP contribution in [0.4, 0.5) is 5.82 Å². The molecule has 1 amide bonds. The highest BCUT2D eigenvalue weighted by Gasteiger charge is 2.17. The quantitative estimate of drug-likeness (QED) is 0.262. The fourth-order valence-corrected chi connectivity index (χ4v) is 6.38. The molecule has 5 aromatic rings. The Kier molecular flexibility index (Phi) is 7.76. The average molecular weight is 596 g/mol. The minimum Gasteiger partial charge on any atom is -0.379 e. The summed E-state index contributed by atoms with van der Waals surface area (Å²) in [6.45, 7) is 7.28. The predicted molar refractivity (Wildman–Crippen MR) is 172 cm³/mol. The maximum Gasteiger partial charge on any atom is 0.221 e. The van der Waals surface area contributed by atoms with Crippen LogP contribution in [0.25, 0.3) is 44.1 Å². The van der Waals surface area contributed by atoms with E-state index in [1.807, 2.05) is 18.3 Å². The maximum absolute atomic E-state index is 12.1. The van der Waals surface area contributed by atoms with E-state index in [0.29, 0.717) is 0 Å². The summed E-state index contributed by atoms with van der Waals surface area (Å²) < 4.78 is 10.9. The van der Waals surface area contributed by atoms with E-state index in [-0.39, 0.29) is 12.3 Å². The molecule has 2 aliphatic rings. The van der Waals surface area contributed by atoms with Crippen molar-refractivity contribution in [2.45, 2.75) is 13.0 Å². The summed E-state index contributed by atoms with van der Waals surface area (Å²) in [5, 5.41) is 2.86. The van der Waals surface area contributed by atoms with Crippen molar-refractivity contribution in [1.29, 1.82) is 0 Å². The van der Waals surface area contributed by atoms with Crippen LogP contribution in [0.1, 0.15) is 11.1 Å². The fraction of sp³-hybridized carbons (Fsp3) is 0.294. The molecule has 2 aromatic heterocycles. The number of H-pyrrole nitrogens is 1. The average Bonchev–Trinajstić information content (AvgIpc) is 3.41. The van der Waals surface area contributed by atoms with Gasteiger partial charge in [-0.15, -0.1) is 0 Å². The highest BCUT2D eigenvalue weighted by molar-refractivity contribution is 6.31. The first-order valence-electron chi connectivity index (χ1n) is 14.8. The van der Waals surface area contributed by atoms with Gasteiger partial charge in [-0.1, -0.05) is 35.9 Å². The van der Waals surface area contributed by atoms with Gasteiger partial charge in [0.2, 0.25) is 5.91 Å². The number of anilines is 1. The van der Waals surface area contributed by atoms with Gasteiger partial charge in [-0.3, -0.25) is 9.69 Å². The van der Waals surface area contributed by atoms with Crippen molar-refractivity contribution in [3.63, 3.8) is 0 Å². The first kappa shape index (κ1) is 27.9. The number of primary amides is 1. The van der Waals surface area contributed by atoms with Crippen molar-refractivity contribution in [2.24, 2.45) is 5.73 Å². The third-order valence-electron chi connectivity index (χ3n) is 8.45. The molecule has 0 unspecified atom stereocenters. The zero-order chi connectivity index (χ0) is 29.3. The Morgan fingerprint density at radius 1 is 0.814 bits per heavy atom. The van der Waals surface area contributed by atoms with Crippen LogP contribution in [0, 0.1) is 0 Å². The molecule has 2 saturated heterocycles. The molecule has 2 aliphatic heterocycles. The maximum atomic E-state index is 12.1. The second-order valence-corrected chi connectivity index (χ2v) is 11.7. The lowest BCUT2D eigenvalue weighted by molar-refractivity contribution is -0.117. The van der Waals surface area contributed by atoms with Gasteiger partial charge in [-0.2, -0.15) is 0 Å². The summed E-state index contributed by atoms with van der Waals surface area (Å²) >= 11 is 6.79. The molecule has 0 spiro atoms. The van der Waals surface area contributed by atoms with E-state index in [2.05, 4.69) is 63.3 Å². The van der Waals surface area contributed by atoms with Gasteiger partial charge in [0.05, 0.1) is 38.4 Å². The Hall–Kier alpha value is -3.95. The van der Waals surface area contributed by atoms with Crippen molar-refractivity contribution in [3.8, 4) is 22.3 Å². The molecule has 3 N–H and O–H groups in total. The Balaban J connectivity index is 1.23. The van der Waals surface area contributed by atoms with Crippen LogP contribution in [0.15, 0.2) is 66.9 Å². The molecule has 0 saturated carbocycles. The molecular weight excluding hydrogens is 562 g/mol. The lowest BCUT2D eigenvalue weighted by Gasteiger charge is -2.27. The Labute approximate surface area is 255 Å². The van der Waals surface area contributed by atoms with E-state index >= 15 is 0 Å². The highest BCUT2D eigenvalue weighted by atomic mass is 35.5. The molecule has 9 heteroatoms. The van der Waals surface area contributed by atoms with E-state index in [4.69, 9.17) is 31.8 Å². The zero-order valence-electron chi connectivity index (χ0n) is 23.9. The molecule has 4 heterocycles. The summed E-state index contributed by atoms with van der Waals surface area (Å²) in [4.78, 5) is 25.0. The number of nitrogens with zero attached hydrogens (tertiary/aromatic N) is 3. The number of halogens is 1. The van der Waals surface area contributed by atoms with Crippen LogP contribution < -0.4 is 10.6 Å². The molecule has 43 heavy (non-hydrogen) atoms. The molecular formula is C34H34ClN5O3. The van der Waals surface area contributed by atoms with Crippen LogP contribution in [-0.4, -0.2) is 73.4 Å². The number of aromatic nitrogens is 2. The highest BCUT2D eigenvalue weighted by Crippen LogP contribution is 2.36. The third-order valence-corrected chi connectivity index (χ3v) is 8.81. The van der Waals surface area contributed by atoms with Crippen LogP contribution in [0.3, 0.4) is 0 Å². The number of carbonyl (C=O) groups is 1. The number of aromatic amines is 1. The number of morpholine rings is 2. The monoisotopic (exact) mass is 595 g/mol. The molecule has 2 fully saturated rings. The molecule has 0 bridgehead atoms. The first-order valence-corrected chi connectivity index (χ1v) is 15.1. The number of ether oxygens (including phenoxy) is 2. The number of hydrogen-bond donors (Lipinski definition) is 2. The zero-order valence-corrected chi connectivity index (χ0v) is 24.7. The second kappa shape index (κ2) is 12.0. The number of rotatable bonds is 7. The molecule has 220 valence electrons. The minimum atomic E-state index is -0.372. The van der Waals surface area contributed by atoms with E-state index in [1.54, 1.807) is 0 Å². The molecule has 0 atom stereocenters. The molecule has 7 rings (SSSR count). The van der Waals surface area contributed by atoms with Gasteiger partial charge in [-0.05, 0) is 64.2 Å². The number of pyridine rings is 1. The predicted octanol–water partition coefficient (Wildman–Crippen LogP) is 5.40. The van der Waals surface area contributed by atoms with Crippen molar-refractivity contribution < 1.29 is 14.3 Å². The smallest absolute Gasteiger partial charge is 0.221 e. The van der Waals surface area contributed by atoms with Gasteiger partial charge in [0.25, 0.3) is 0 Å². The number of benzene rings is 3. The Morgan fingerprint density at radius 2 is 1.53 bits per heavy atom. The van der Waals surface area contributed by atoms with Crippen molar-refractivity contribution in [2.75, 3.05) is 57.5 Å².